The number of nitrogens with two attached hydrogens (primary N) is 1. The van der Waals surface area contributed by atoms with Crippen LogP contribution in [0.2, 0.25) is 0 Å². The summed E-state index contributed by atoms with van der Waals surface area (Å²) in [5, 5.41) is 0. The SMILES string of the molecule is C=CCC(C)(C)C(C)N. The molecular weight excluding hydrogens is 110 g/mol. The first kappa shape index (κ1) is 8.70. The van der Waals surface area contributed by atoms with E-state index in [0.717, 1.165) is 6.42 Å². The summed E-state index contributed by atoms with van der Waals surface area (Å²) in [7, 11) is 0. The summed E-state index contributed by atoms with van der Waals surface area (Å²) >= 11 is 0. The van der Waals surface area contributed by atoms with Crippen LogP contribution in [0.25, 0.3) is 0 Å². The van der Waals surface area contributed by atoms with Crippen LogP contribution >= 0.6 is 0 Å². The molecule has 0 amide bonds. The first-order valence-electron chi connectivity index (χ1n) is 3.37. The second kappa shape index (κ2) is 3.02. The molecule has 0 aliphatic rings. The van der Waals surface area contributed by atoms with Gasteiger partial charge in [-0.3, -0.25) is 0 Å². The first-order valence-corrected chi connectivity index (χ1v) is 3.37. The Morgan fingerprint density at radius 1 is 1.67 bits per heavy atom. The highest BCUT2D eigenvalue weighted by Crippen LogP contribution is 2.23. The Kier molecular flexibility index (Phi) is 2.92. The molecule has 0 radical (unpaired) electrons. The van der Waals surface area contributed by atoms with E-state index in [9.17, 15) is 0 Å². The van der Waals surface area contributed by atoms with Gasteiger partial charge in [-0.2, -0.15) is 0 Å². The predicted molar refractivity (Wildman–Crippen MR) is 42.2 cm³/mol. The van der Waals surface area contributed by atoms with Crippen LogP contribution in [-0.2, 0) is 0 Å². The van der Waals surface area contributed by atoms with Crippen molar-refractivity contribution in [2.24, 2.45) is 11.1 Å². The first-order chi connectivity index (χ1) is 4.00. The predicted octanol–water partition coefficient (Wildman–Crippen LogP) is 1.94. The van der Waals surface area contributed by atoms with Crippen molar-refractivity contribution in [2.75, 3.05) is 0 Å². The summed E-state index contributed by atoms with van der Waals surface area (Å²) in [6.45, 7) is 10.0. The minimum Gasteiger partial charge on any atom is -0.327 e. The Hall–Kier alpha value is -0.300. The number of hydrogen-bond acceptors (Lipinski definition) is 1. The molecule has 0 saturated heterocycles. The lowest BCUT2D eigenvalue weighted by atomic mass is 9.83. The molecule has 0 aliphatic carbocycles. The van der Waals surface area contributed by atoms with Gasteiger partial charge in [-0.15, -0.1) is 6.58 Å². The van der Waals surface area contributed by atoms with Crippen molar-refractivity contribution < 1.29 is 0 Å². The van der Waals surface area contributed by atoms with Gasteiger partial charge >= 0.3 is 0 Å². The zero-order valence-electron chi connectivity index (χ0n) is 6.65. The van der Waals surface area contributed by atoms with E-state index in [2.05, 4.69) is 20.4 Å². The van der Waals surface area contributed by atoms with E-state index in [-0.39, 0.29) is 11.5 Å². The Bertz CT molecular complexity index is 92.7. The molecular formula is C8H17N. The Morgan fingerprint density at radius 2 is 2.11 bits per heavy atom. The lowest BCUT2D eigenvalue weighted by Crippen LogP contribution is -2.33. The van der Waals surface area contributed by atoms with E-state index in [0.29, 0.717) is 0 Å². The van der Waals surface area contributed by atoms with Crippen molar-refractivity contribution in [1.82, 2.24) is 0 Å². The fourth-order valence-electron chi connectivity index (χ4n) is 0.558. The van der Waals surface area contributed by atoms with E-state index < -0.39 is 0 Å². The molecule has 0 aromatic heterocycles. The van der Waals surface area contributed by atoms with Crippen LogP contribution in [0.3, 0.4) is 0 Å². The largest absolute Gasteiger partial charge is 0.327 e. The molecule has 1 unspecified atom stereocenters. The fourth-order valence-corrected chi connectivity index (χ4v) is 0.558. The van der Waals surface area contributed by atoms with Crippen molar-refractivity contribution >= 4 is 0 Å². The van der Waals surface area contributed by atoms with Crippen molar-refractivity contribution in [2.45, 2.75) is 33.2 Å². The average Bonchev–Trinajstić information content (AvgIpc) is 1.65. The van der Waals surface area contributed by atoms with Gasteiger partial charge in [0.05, 0.1) is 0 Å². The molecule has 0 heterocycles. The third-order valence-electron chi connectivity index (χ3n) is 1.90. The van der Waals surface area contributed by atoms with Gasteiger partial charge in [-0.1, -0.05) is 19.9 Å². The van der Waals surface area contributed by atoms with Crippen LogP contribution in [0.5, 0.6) is 0 Å². The zero-order valence-corrected chi connectivity index (χ0v) is 6.65. The second-order valence-corrected chi connectivity index (χ2v) is 3.27. The van der Waals surface area contributed by atoms with Crippen LogP contribution in [0.1, 0.15) is 27.2 Å². The zero-order chi connectivity index (χ0) is 7.49. The summed E-state index contributed by atoms with van der Waals surface area (Å²) < 4.78 is 0. The van der Waals surface area contributed by atoms with Crippen molar-refractivity contribution in [3.8, 4) is 0 Å². The van der Waals surface area contributed by atoms with Gasteiger partial charge < -0.3 is 5.73 Å². The van der Waals surface area contributed by atoms with Gasteiger partial charge in [0.2, 0.25) is 0 Å². The summed E-state index contributed by atoms with van der Waals surface area (Å²) in [5.74, 6) is 0. The van der Waals surface area contributed by atoms with Crippen LogP contribution in [0, 0.1) is 5.41 Å². The minimum atomic E-state index is 0.210. The molecule has 0 fully saturated rings. The Balaban J connectivity index is 3.84. The topological polar surface area (TPSA) is 26.0 Å². The third kappa shape index (κ3) is 2.66. The van der Waals surface area contributed by atoms with E-state index in [1.807, 2.05) is 13.0 Å². The summed E-state index contributed by atoms with van der Waals surface area (Å²) in [4.78, 5) is 0. The highest BCUT2D eigenvalue weighted by molar-refractivity contribution is 4.84. The average molecular weight is 127 g/mol. The number of allylic oxidation sites excluding steroid dienone is 1. The lowest BCUT2D eigenvalue weighted by molar-refractivity contribution is 0.306. The van der Waals surface area contributed by atoms with Crippen molar-refractivity contribution in [3.05, 3.63) is 12.7 Å². The van der Waals surface area contributed by atoms with E-state index in [1.165, 1.54) is 0 Å². The highest BCUT2D eigenvalue weighted by atomic mass is 14.7. The molecule has 9 heavy (non-hydrogen) atoms. The summed E-state index contributed by atoms with van der Waals surface area (Å²) in [5.41, 5.74) is 5.92. The molecule has 0 bridgehead atoms. The monoisotopic (exact) mass is 127 g/mol. The molecule has 0 aromatic carbocycles. The molecule has 1 heteroatoms. The molecule has 0 spiro atoms. The summed E-state index contributed by atoms with van der Waals surface area (Å²) in [6, 6.07) is 0.246. The molecule has 0 aliphatic heterocycles. The maximum atomic E-state index is 5.71. The molecule has 0 rings (SSSR count). The normalized spacial score (nSPS) is 15.1. The van der Waals surface area contributed by atoms with E-state index in [4.69, 9.17) is 5.73 Å². The van der Waals surface area contributed by atoms with Gasteiger partial charge in [-0.05, 0) is 18.8 Å². The standard InChI is InChI=1S/C8H17N/c1-5-6-8(3,4)7(2)9/h5,7H,1,6,9H2,2-4H3. The Morgan fingerprint density at radius 3 is 2.22 bits per heavy atom. The third-order valence-corrected chi connectivity index (χ3v) is 1.90. The second-order valence-electron chi connectivity index (χ2n) is 3.27. The highest BCUT2D eigenvalue weighted by Gasteiger charge is 2.20. The minimum absolute atomic E-state index is 0.210. The Labute approximate surface area is 57.9 Å². The smallest absolute Gasteiger partial charge is 0.00647 e. The van der Waals surface area contributed by atoms with Crippen LogP contribution in [0.4, 0.5) is 0 Å². The maximum absolute atomic E-state index is 5.71. The van der Waals surface area contributed by atoms with Gasteiger partial charge in [0.1, 0.15) is 0 Å². The van der Waals surface area contributed by atoms with Gasteiger partial charge in [0.15, 0.2) is 0 Å². The van der Waals surface area contributed by atoms with Gasteiger partial charge in [0, 0.05) is 6.04 Å². The van der Waals surface area contributed by atoms with Crippen molar-refractivity contribution in [1.29, 1.82) is 0 Å². The molecule has 0 saturated carbocycles. The maximum Gasteiger partial charge on any atom is 0.00647 e. The molecule has 1 atom stereocenters. The van der Waals surface area contributed by atoms with E-state index in [1.54, 1.807) is 0 Å². The number of hydrogen-bond donors (Lipinski definition) is 1. The molecule has 2 N–H and O–H groups in total. The van der Waals surface area contributed by atoms with E-state index >= 15 is 0 Å². The van der Waals surface area contributed by atoms with Crippen LogP contribution in [0.15, 0.2) is 12.7 Å². The quantitative estimate of drug-likeness (QED) is 0.576. The number of rotatable bonds is 3. The van der Waals surface area contributed by atoms with Gasteiger partial charge in [-0.25, -0.2) is 0 Å². The summed E-state index contributed by atoms with van der Waals surface area (Å²) in [6.07, 6.45) is 2.91. The molecule has 1 nitrogen and oxygen atoms in total. The van der Waals surface area contributed by atoms with Crippen LogP contribution < -0.4 is 5.73 Å². The molecule has 0 aromatic rings. The fraction of sp³-hybridized carbons (Fsp3) is 0.750. The lowest BCUT2D eigenvalue weighted by Gasteiger charge is -2.27. The van der Waals surface area contributed by atoms with Crippen molar-refractivity contribution in [3.63, 3.8) is 0 Å². The van der Waals surface area contributed by atoms with Gasteiger partial charge in [0.25, 0.3) is 0 Å². The molecule has 54 valence electrons. The van der Waals surface area contributed by atoms with Crippen LogP contribution in [-0.4, -0.2) is 6.04 Å².